The first kappa shape index (κ1) is 19.8. The van der Waals surface area contributed by atoms with Crippen LogP contribution in [0.1, 0.15) is 15.9 Å². The first-order valence-corrected chi connectivity index (χ1v) is 10.0. The summed E-state index contributed by atoms with van der Waals surface area (Å²) < 4.78 is 28.8. The van der Waals surface area contributed by atoms with Crippen molar-refractivity contribution in [1.82, 2.24) is 5.32 Å². The van der Waals surface area contributed by atoms with Gasteiger partial charge in [0.1, 0.15) is 10.6 Å². The molecule has 0 radical (unpaired) electrons. The van der Waals surface area contributed by atoms with Crippen LogP contribution < -0.4 is 15.0 Å². The van der Waals surface area contributed by atoms with E-state index in [-0.39, 0.29) is 22.1 Å². The number of hydrogen-bond acceptors (Lipinski definition) is 5. The molecule has 1 amide bonds. The second-order valence-electron chi connectivity index (χ2n) is 6.20. The highest BCUT2D eigenvalue weighted by atomic mass is 32.2. The normalized spacial score (nSPS) is 11.1. The van der Waals surface area contributed by atoms with Crippen LogP contribution in [0.3, 0.4) is 0 Å². The maximum absolute atomic E-state index is 12.3. The molecular formula is C19H24N2O4S. The third-order valence-electron chi connectivity index (χ3n) is 3.98. The Hall–Kier alpha value is -2.54. The lowest BCUT2D eigenvalue weighted by Crippen LogP contribution is -2.26. The minimum absolute atomic E-state index is 0.00641. The average Bonchev–Trinajstić information content (AvgIpc) is 2.60. The summed E-state index contributed by atoms with van der Waals surface area (Å²) in [6, 6.07) is 12.5. The first-order valence-electron chi connectivity index (χ1n) is 8.15. The molecule has 140 valence electrons. The van der Waals surface area contributed by atoms with Crippen molar-refractivity contribution in [2.45, 2.75) is 11.3 Å². The highest BCUT2D eigenvalue weighted by molar-refractivity contribution is 7.90. The number of rotatable bonds is 7. The Morgan fingerprint density at radius 3 is 2.31 bits per heavy atom. The number of amides is 1. The molecule has 0 fully saturated rings. The molecule has 0 spiro atoms. The Morgan fingerprint density at radius 2 is 1.77 bits per heavy atom. The molecule has 1 N–H and O–H groups in total. The smallest absolute Gasteiger partial charge is 0.251 e. The Morgan fingerprint density at radius 1 is 1.12 bits per heavy atom. The van der Waals surface area contributed by atoms with Crippen LogP contribution in [0.15, 0.2) is 47.4 Å². The third kappa shape index (κ3) is 4.98. The molecule has 0 atom stereocenters. The van der Waals surface area contributed by atoms with Gasteiger partial charge in [-0.05, 0) is 42.3 Å². The number of nitrogens with zero attached hydrogens (tertiary/aromatic N) is 1. The number of ether oxygens (including phenoxy) is 1. The molecule has 0 aliphatic carbocycles. The van der Waals surface area contributed by atoms with Gasteiger partial charge in [0.15, 0.2) is 9.84 Å². The van der Waals surface area contributed by atoms with Gasteiger partial charge in [0, 0.05) is 38.1 Å². The van der Waals surface area contributed by atoms with E-state index >= 15 is 0 Å². The van der Waals surface area contributed by atoms with Gasteiger partial charge in [-0.25, -0.2) is 8.42 Å². The summed E-state index contributed by atoms with van der Waals surface area (Å²) in [6.07, 6.45) is 1.78. The zero-order chi connectivity index (χ0) is 19.3. The summed E-state index contributed by atoms with van der Waals surface area (Å²) >= 11 is 0. The van der Waals surface area contributed by atoms with Gasteiger partial charge in [-0.3, -0.25) is 4.79 Å². The minimum atomic E-state index is -3.49. The van der Waals surface area contributed by atoms with Crippen LogP contribution in [0, 0.1) is 0 Å². The molecule has 0 saturated heterocycles. The van der Waals surface area contributed by atoms with E-state index < -0.39 is 9.84 Å². The second-order valence-corrected chi connectivity index (χ2v) is 8.19. The topological polar surface area (TPSA) is 75.7 Å². The highest BCUT2D eigenvalue weighted by Gasteiger charge is 2.17. The van der Waals surface area contributed by atoms with Crippen molar-refractivity contribution in [2.75, 3.05) is 38.9 Å². The molecule has 26 heavy (non-hydrogen) atoms. The molecule has 0 aromatic heterocycles. The predicted octanol–water partition coefficient (Wildman–Crippen LogP) is 2.14. The molecular weight excluding hydrogens is 352 g/mol. The lowest BCUT2D eigenvalue weighted by atomic mass is 10.1. The van der Waals surface area contributed by atoms with Crippen LogP contribution >= 0.6 is 0 Å². The molecule has 2 aromatic rings. The Kier molecular flexibility index (Phi) is 6.26. The van der Waals surface area contributed by atoms with E-state index in [1.807, 2.05) is 43.3 Å². The molecule has 0 unspecified atom stereocenters. The molecule has 0 heterocycles. The molecule has 2 aromatic carbocycles. The molecule has 2 rings (SSSR count). The molecule has 0 aliphatic rings. The van der Waals surface area contributed by atoms with Gasteiger partial charge in [-0.1, -0.05) is 12.1 Å². The van der Waals surface area contributed by atoms with Gasteiger partial charge in [0.25, 0.3) is 5.91 Å². The van der Waals surface area contributed by atoms with E-state index in [9.17, 15) is 13.2 Å². The van der Waals surface area contributed by atoms with Crippen molar-refractivity contribution in [3.05, 3.63) is 53.6 Å². The van der Waals surface area contributed by atoms with E-state index in [1.54, 1.807) is 6.07 Å². The maximum Gasteiger partial charge on any atom is 0.251 e. The van der Waals surface area contributed by atoms with Crippen LogP contribution in [0.4, 0.5) is 5.69 Å². The highest BCUT2D eigenvalue weighted by Crippen LogP contribution is 2.24. The fourth-order valence-corrected chi connectivity index (χ4v) is 3.35. The fraction of sp³-hybridized carbons (Fsp3) is 0.316. The van der Waals surface area contributed by atoms with Crippen molar-refractivity contribution in [3.63, 3.8) is 0 Å². The Bertz CT molecular complexity index is 875. The summed E-state index contributed by atoms with van der Waals surface area (Å²) in [7, 11) is 1.87. The van der Waals surface area contributed by atoms with E-state index in [1.165, 1.54) is 19.2 Å². The van der Waals surface area contributed by atoms with Gasteiger partial charge in [0.2, 0.25) is 0 Å². The van der Waals surface area contributed by atoms with Crippen molar-refractivity contribution < 1.29 is 17.9 Å². The summed E-state index contributed by atoms with van der Waals surface area (Å²) in [5, 5.41) is 2.82. The largest absolute Gasteiger partial charge is 0.495 e. The number of benzene rings is 2. The van der Waals surface area contributed by atoms with E-state index in [0.29, 0.717) is 13.0 Å². The lowest BCUT2D eigenvalue weighted by Gasteiger charge is -2.13. The maximum atomic E-state index is 12.3. The van der Waals surface area contributed by atoms with E-state index in [0.717, 1.165) is 17.5 Å². The van der Waals surface area contributed by atoms with Crippen molar-refractivity contribution in [2.24, 2.45) is 0 Å². The average molecular weight is 376 g/mol. The number of hydrogen-bond donors (Lipinski definition) is 1. The van der Waals surface area contributed by atoms with Crippen molar-refractivity contribution >= 4 is 21.4 Å². The predicted molar refractivity (Wildman–Crippen MR) is 103 cm³/mol. The SMILES string of the molecule is COc1ccc(C(=O)NCCc2ccc(N(C)C)cc2)cc1S(C)(=O)=O. The van der Waals surface area contributed by atoms with Gasteiger partial charge < -0.3 is 15.0 Å². The Balaban J connectivity index is 2.02. The zero-order valence-electron chi connectivity index (χ0n) is 15.4. The third-order valence-corrected chi connectivity index (χ3v) is 5.10. The quantitative estimate of drug-likeness (QED) is 0.801. The van der Waals surface area contributed by atoms with Gasteiger partial charge >= 0.3 is 0 Å². The van der Waals surface area contributed by atoms with Crippen LogP contribution in [-0.4, -0.2) is 48.3 Å². The van der Waals surface area contributed by atoms with Crippen LogP contribution in [0.2, 0.25) is 0 Å². The Labute approximate surface area is 154 Å². The molecule has 0 bridgehead atoms. The van der Waals surface area contributed by atoms with Crippen molar-refractivity contribution in [1.29, 1.82) is 0 Å². The number of sulfone groups is 1. The monoisotopic (exact) mass is 376 g/mol. The van der Waals surface area contributed by atoms with Gasteiger partial charge in [-0.15, -0.1) is 0 Å². The first-order chi connectivity index (χ1) is 12.2. The summed E-state index contributed by atoms with van der Waals surface area (Å²) in [5.41, 5.74) is 2.51. The number of carbonyl (C=O) groups is 1. The number of methoxy groups -OCH3 is 1. The minimum Gasteiger partial charge on any atom is -0.495 e. The second kappa shape index (κ2) is 8.23. The van der Waals surface area contributed by atoms with Crippen molar-refractivity contribution in [3.8, 4) is 5.75 Å². The fourth-order valence-electron chi connectivity index (χ4n) is 2.49. The lowest BCUT2D eigenvalue weighted by molar-refractivity contribution is 0.0954. The van der Waals surface area contributed by atoms with E-state index in [4.69, 9.17) is 4.74 Å². The standard InChI is InChI=1S/C19H24N2O4S/c1-21(2)16-8-5-14(6-9-16)11-12-20-19(22)15-7-10-17(25-3)18(13-15)26(4,23)24/h5-10,13H,11-12H2,1-4H3,(H,20,22). The number of carbonyl (C=O) groups excluding carboxylic acids is 1. The summed E-state index contributed by atoms with van der Waals surface area (Å²) in [6.45, 7) is 0.459. The molecule has 0 saturated carbocycles. The van der Waals surface area contributed by atoms with Crippen LogP contribution in [0.5, 0.6) is 5.75 Å². The molecule has 6 nitrogen and oxygen atoms in total. The van der Waals surface area contributed by atoms with Gasteiger partial charge in [-0.2, -0.15) is 0 Å². The summed E-state index contributed by atoms with van der Waals surface area (Å²) in [4.78, 5) is 14.3. The zero-order valence-corrected chi connectivity index (χ0v) is 16.3. The van der Waals surface area contributed by atoms with Gasteiger partial charge in [0.05, 0.1) is 7.11 Å². The number of anilines is 1. The molecule has 7 heteroatoms. The summed E-state index contributed by atoms with van der Waals surface area (Å²) in [5.74, 6) is -0.0903. The molecule has 0 aliphatic heterocycles. The van der Waals surface area contributed by atoms with Crippen LogP contribution in [-0.2, 0) is 16.3 Å². The van der Waals surface area contributed by atoms with Crippen LogP contribution in [0.25, 0.3) is 0 Å². The van der Waals surface area contributed by atoms with E-state index in [2.05, 4.69) is 5.32 Å². The number of nitrogens with one attached hydrogen (secondary N) is 1.